The lowest BCUT2D eigenvalue weighted by Gasteiger charge is -2.33. The van der Waals surface area contributed by atoms with Crippen molar-refractivity contribution in [3.63, 3.8) is 0 Å². The van der Waals surface area contributed by atoms with E-state index in [2.05, 4.69) is 24.1 Å². The molecule has 1 N–H and O–H groups in total. The van der Waals surface area contributed by atoms with Gasteiger partial charge in [-0.2, -0.15) is 0 Å². The highest BCUT2D eigenvalue weighted by Crippen LogP contribution is 2.44. The number of methoxy groups -OCH3 is 1. The Morgan fingerprint density at radius 1 is 1.45 bits per heavy atom. The fraction of sp³-hybridized carbons (Fsp3) is 0.625. The van der Waals surface area contributed by atoms with Crippen molar-refractivity contribution >= 4 is 11.6 Å². The summed E-state index contributed by atoms with van der Waals surface area (Å²) in [7, 11) is 3.73. The summed E-state index contributed by atoms with van der Waals surface area (Å²) in [6.45, 7) is 6.61. The van der Waals surface area contributed by atoms with Crippen LogP contribution in [0.5, 0.6) is 5.75 Å². The van der Waals surface area contributed by atoms with Gasteiger partial charge in [-0.1, -0.05) is 17.7 Å². The number of likely N-dealkylation sites (tertiary alicyclic amines) is 1. The Bertz CT molecular complexity index is 450. The number of halogens is 1. The minimum absolute atomic E-state index is 0.325. The lowest BCUT2D eigenvalue weighted by Crippen LogP contribution is -2.34. The van der Waals surface area contributed by atoms with E-state index in [0.29, 0.717) is 18.0 Å². The molecule has 0 aliphatic carbocycles. The van der Waals surface area contributed by atoms with Crippen molar-refractivity contribution in [2.45, 2.75) is 32.4 Å². The number of nitrogens with one attached hydrogen (secondary N) is 1. The van der Waals surface area contributed by atoms with Gasteiger partial charge < -0.3 is 10.1 Å². The number of rotatable bonds is 5. The highest BCUT2D eigenvalue weighted by molar-refractivity contribution is 6.31. The summed E-state index contributed by atoms with van der Waals surface area (Å²) in [4.78, 5) is 2.53. The monoisotopic (exact) mass is 296 g/mol. The first-order chi connectivity index (χ1) is 9.60. The molecule has 2 rings (SSSR count). The molecule has 1 saturated heterocycles. The smallest absolute Gasteiger partial charge is 0.125 e. The lowest BCUT2D eigenvalue weighted by molar-refractivity contribution is 0.179. The van der Waals surface area contributed by atoms with Crippen LogP contribution >= 0.6 is 11.6 Å². The van der Waals surface area contributed by atoms with Crippen LogP contribution in [0.2, 0.25) is 5.02 Å². The van der Waals surface area contributed by atoms with Crippen molar-refractivity contribution in [1.29, 1.82) is 0 Å². The Hall–Kier alpha value is -0.770. The first-order valence-electron chi connectivity index (χ1n) is 7.32. The van der Waals surface area contributed by atoms with Crippen LogP contribution in [0.15, 0.2) is 18.2 Å². The molecule has 1 heterocycles. The number of hydrogen-bond donors (Lipinski definition) is 1. The Balaban J connectivity index is 2.44. The predicted octanol–water partition coefficient (Wildman–Crippen LogP) is 3.34. The van der Waals surface area contributed by atoms with Gasteiger partial charge in [0.25, 0.3) is 0 Å². The molecule has 2 unspecified atom stereocenters. The van der Waals surface area contributed by atoms with Crippen LogP contribution in [-0.4, -0.2) is 38.2 Å². The van der Waals surface area contributed by atoms with E-state index in [9.17, 15) is 0 Å². The van der Waals surface area contributed by atoms with Crippen molar-refractivity contribution in [3.05, 3.63) is 28.8 Å². The SMILES string of the molecule is CNCC1CCN(C(C)C)C1c1c(Cl)cccc1OC. The third kappa shape index (κ3) is 2.95. The van der Waals surface area contributed by atoms with Gasteiger partial charge in [0.2, 0.25) is 0 Å². The first-order valence-corrected chi connectivity index (χ1v) is 7.70. The molecule has 0 bridgehead atoms. The molecular formula is C16H25ClN2O. The van der Waals surface area contributed by atoms with Crippen LogP contribution in [0.25, 0.3) is 0 Å². The second-order valence-corrected chi connectivity index (χ2v) is 6.15. The Morgan fingerprint density at radius 3 is 2.80 bits per heavy atom. The van der Waals surface area contributed by atoms with Crippen LogP contribution in [0.1, 0.15) is 31.9 Å². The topological polar surface area (TPSA) is 24.5 Å². The zero-order valence-electron chi connectivity index (χ0n) is 12.8. The average molecular weight is 297 g/mol. The minimum Gasteiger partial charge on any atom is -0.496 e. The lowest BCUT2D eigenvalue weighted by atomic mass is 9.92. The van der Waals surface area contributed by atoms with Crippen molar-refractivity contribution in [1.82, 2.24) is 10.2 Å². The van der Waals surface area contributed by atoms with Crippen molar-refractivity contribution in [2.75, 3.05) is 27.2 Å². The normalized spacial score (nSPS) is 23.5. The molecule has 0 amide bonds. The zero-order chi connectivity index (χ0) is 14.7. The molecule has 3 nitrogen and oxygen atoms in total. The summed E-state index contributed by atoms with van der Waals surface area (Å²) >= 11 is 6.50. The van der Waals surface area contributed by atoms with E-state index in [1.165, 1.54) is 6.42 Å². The second kappa shape index (κ2) is 6.79. The van der Waals surface area contributed by atoms with E-state index in [1.807, 2.05) is 25.2 Å². The summed E-state index contributed by atoms with van der Waals surface area (Å²) in [6, 6.07) is 6.75. The van der Waals surface area contributed by atoms with Gasteiger partial charge in [0, 0.05) is 22.7 Å². The van der Waals surface area contributed by atoms with Gasteiger partial charge in [0.15, 0.2) is 0 Å². The van der Waals surface area contributed by atoms with Gasteiger partial charge in [-0.15, -0.1) is 0 Å². The van der Waals surface area contributed by atoms with Crippen LogP contribution in [0.4, 0.5) is 0 Å². The van der Waals surface area contributed by atoms with Crippen LogP contribution in [0.3, 0.4) is 0 Å². The van der Waals surface area contributed by atoms with Gasteiger partial charge in [0.1, 0.15) is 5.75 Å². The second-order valence-electron chi connectivity index (χ2n) is 5.74. The first kappa shape index (κ1) is 15.6. The molecule has 1 aliphatic rings. The summed E-state index contributed by atoms with van der Waals surface area (Å²) in [6.07, 6.45) is 1.19. The van der Waals surface area contributed by atoms with Crippen LogP contribution in [0, 0.1) is 5.92 Å². The molecule has 1 fully saturated rings. The number of benzene rings is 1. The Labute approximate surface area is 127 Å². The maximum absolute atomic E-state index is 6.50. The van der Waals surface area contributed by atoms with Crippen molar-refractivity contribution < 1.29 is 4.74 Å². The molecule has 1 aromatic rings. The number of nitrogens with zero attached hydrogens (tertiary/aromatic N) is 1. The third-order valence-corrected chi connectivity index (χ3v) is 4.55. The van der Waals surface area contributed by atoms with Gasteiger partial charge in [0.05, 0.1) is 7.11 Å². The van der Waals surface area contributed by atoms with Crippen molar-refractivity contribution in [2.24, 2.45) is 5.92 Å². The molecule has 112 valence electrons. The van der Waals surface area contributed by atoms with Gasteiger partial charge in [-0.3, -0.25) is 4.90 Å². The van der Waals surface area contributed by atoms with E-state index in [0.717, 1.165) is 29.4 Å². The summed E-state index contributed by atoms with van der Waals surface area (Å²) in [5, 5.41) is 4.12. The Morgan fingerprint density at radius 2 is 2.20 bits per heavy atom. The standard InChI is InChI=1S/C16H25ClN2O/c1-11(2)19-9-8-12(10-18-3)16(19)15-13(17)6-5-7-14(15)20-4/h5-7,11-12,16,18H,8-10H2,1-4H3. The van der Waals surface area contributed by atoms with Crippen LogP contribution in [-0.2, 0) is 0 Å². The third-order valence-electron chi connectivity index (χ3n) is 4.22. The summed E-state index contributed by atoms with van der Waals surface area (Å²) in [5.41, 5.74) is 1.14. The van der Waals surface area contributed by atoms with Gasteiger partial charge in [-0.25, -0.2) is 0 Å². The van der Waals surface area contributed by atoms with Crippen molar-refractivity contribution in [3.8, 4) is 5.75 Å². The predicted molar refractivity (Wildman–Crippen MR) is 84.6 cm³/mol. The fourth-order valence-electron chi connectivity index (χ4n) is 3.32. The molecule has 4 heteroatoms. The molecule has 1 aromatic carbocycles. The molecule has 20 heavy (non-hydrogen) atoms. The Kier molecular flexibility index (Phi) is 5.30. The zero-order valence-corrected chi connectivity index (χ0v) is 13.6. The summed E-state index contributed by atoms with van der Waals surface area (Å²) in [5.74, 6) is 1.47. The van der Waals surface area contributed by atoms with E-state index < -0.39 is 0 Å². The van der Waals surface area contributed by atoms with E-state index >= 15 is 0 Å². The highest BCUT2D eigenvalue weighted by Gasteiger charge is 2.38. The van der Waals surface area contributed by atoms with Gasteiger partial charge >= 0.3 is 0 Å². The molecule has 0 radical (unpaired) electrons. The van der Waals surface area contributed by atoms with E-state index in [4.69, 9.17) is 16.3 Å². The summed E-state index contributed by atoms with van der Waals surface area (Å²) < 4.78 is 5.56. The quantitative estimate of drug-likeness (QED) is 0.902. The molecule has 1 aliphatic heterocycles. The maximum Gasteiger partial charge on any atom is 0.125 e. The van der Waals surface area contributed by atoms with E-state index in [-0.39, 0.29) is 0 Å². The molecule has 0 aromatic heterocycles. The van der Waals surface area contributed by atoms with Crippen LogP contribution < -0.4 is 10.1 Å². The average Bonchev–Trinajstić information content (AvgIpc) is 2.82. The fourth-order valence-corrected chi connectivity index (χ4v) is 3.60. The molecule has 0 saturated carbocycles. The minimum atomic E-state index is 0.325. The molecular weight excluding hydrogens is 272 g/mol. The largest absolute Gasteiger partial charge is 0.496 e. The maximum atomic E-state index is 6.50. The van der Waals surface area contributed by atoms with E-state index in [1.54, 1.807) is 7.11 Å². The molecule has 2 atom stereocenters. The van der Waals surface area contributed by atoms with Gasteiger partial charge in [-0.05, 0) is 58.5 Å². The molecule has 0 spiro atoms. The number of ether oxygens (including phenoxy) is 1. The number of hydrogen-bond acceptors (Lipinski definition) is 3. The highest BCUT2D eigenvalue weighted by atomic mass is 35.5.